The first-order valence-corrected chi connectivity index (χ1v) is 6.94. The Balaban J connectivity index is 2.02. The maximum absolute atomic E-state index is 11.5. The number of rotatable bonds is 8. The molecule has 0 bridgehead atoms. The molecule has 0 unspecified atom stereocenters. The van der Waals surface area contributed by atoms with E-state index in [0.717, 1.165) is 12.8 Å². The molecule has 0 radical (unpaired) electrons. The smallest absolute Gasteiger partial charge is 0.407 e. The van der Waals surface area contributed by atoms with E-state index in [9.17, 15) is 4.79 Å². The standard InChI is InChI=1S/C15H23NO3/c1-4-6-7-8-9-10-11-18-15(17)16-14-12(3)19-13(14)5-2/h2,13-14H,3-4,6-11H2,1H3,(H,16,17)/t13-,14-/m0/s1. The third-order valence-electron chi connectivity index (χ3n) is 3.10. The summed E-state index contributed by atoms with van der Waals surface area (Å²) in [6.45, 7) is 6.28. The molecule has 1 rings (SSSR count). The number of alkyl carbamates (subject to hydrolysis) is 1. The normalized spacial score (nSPS) is 20.9. The highest BCUT2D eigenvalue weighted by Gasteiger charge is 2.37. The molecule has 0 aromatic carbocycles. The number of nitrogens with one attached hydrogen (secondary N) is 1. The number of ether oxygens (including phenoxy) is 2. The number of carbonyl (C=O) groups is 1. The molecule has 2 atom stereocenters. The zero-order valence-corrected chi connectivity index (χ0v) is 11.6. The van der Waals surface area contributed by atoms with Gasteiger partial charge >= 0.3 is 6.09 Å². The minimum absolute atomic E-state index is 0.318. The van der Waals surface area contributed by atoms with Crippen LogP contribution in [-0.2, 0) is 9.47 Å². The molecular weight excluding hydrogens is 242 g/mol. The molecule has 0 aromatic rings. The van der Waals surface area contributed by atoms with Crippen LogP contribution in [-0.4, -0.2) is 24.8 Å². The summed E-state index contributed by atoms with van der Waals surface area (Å²) in [6.07, 6.45) is 11.3. The van der Waals surface area contributed by atoms with Crippen LogP contribution in [0.2, 0.25) is 0 Å². The first kappa shape index (κ1) is 15.4. The van der Waals surface area contributed by atoms with Crippen LogP contribution in [0.3, 0.4) is 0 Å². The fourth-order valence-corrected chi connectivity index (χ4v) is 1.90. The highest BCUT2D eigenvalue weighted by Crippen LogP contribution is 2.22. The Morgan fingerprint density at radius 1 is 1.42 bits per heavy atom. The van der Waals surface area contributed by atoms with Gasteiger partial charge in [0.2, 0.25) is 0 Å². The lowest BCUT2D eigenvalue weighted by Gasteiger charge is -2.35. The van der Waals surface area contributed by atoms with E-state index in [1.807, 2.05) is 0 Å². The highest BCUT2D eigenvalue weighted by atomic mass is 16.6. The predicted molar refractivity (Wildman–Crippen MR) is 74.5 cm³/mol. The second kappa shape index (κ2) is 8.47. The van der Waals surface area contributed by atoms with Crippen LogP contribution in [0.4, 0.5) is 4.79 Å². The molecular formula is C15H23NO3. The SMILES string of the molecule is C#C[C@@H]1OC(=C)[C@@H]1NC(=O)OCCCCCCCC. The van der Waals surface area contributed by atoms with E-state index in [1.54, 1.807) is 0 Å². The topological polar surface area (TPSA) is 47.6 Å². The molecule has 4 nitrogen and oxygen atoms in total. The first-order chi connectivity index (χ1) is 9.19. The van der Waals surface area contributed by atoms with Crippen molar-refractivity contribution in [2.24, 2.45) is 0 Å². The summed E-state index contributed by atoms with van der Waals surface area (Å²) in [5, 5.41) is 2.65. The summed E-state index contributed by atoms with van der Waals surface area (Å²) >= 11 is 0. The molecule has 19 heavy (non-hydrogen) atoms. The number of unbranched alkanes of at least 4 members (excludes halogenated alkanes) is 5. The van der Waals surface area contributed by atoms with Gasteiger partial charge in [0.1, 0.15) is 11.8 Å². The van der Waals surface area contributed by atoms with Gasteiger partial charge in [-0.2, -0.15) is 0 Å². The minimum Gasteiger partial charge on any atom is -0.478 e. The van der Waals surface area contributed by atoms with Gasteiger partial charge in [-0.25, -0.2) is 4.79 Å². The monoisotopic (exact) mass is 265 g/mol. The zero-order valence-electron chi connectivity index (χ0n) is 11.6. The Morgan fingerprint density at radius 2 is 2.11 bits per heavy atom. The molecule has 0 spiro atoms. The quantitative estimate of drug-likeness (QED) is 0.542. The van der Waals surface area contributed by atoms with Gasteiger partial charge in [0.05, 0.1) is 6.61 Å². The molecule has 1 fully saturated rings. The second-order valence-electron chi connectivity index (χ2n) is 4.70. The van der Waals surface area contributed by atoms with Crippen LogP contribution in [0, 0.1) is 12.3 Å². The van der Waals surface area contributed by atoms with Crippen molar-refractivity contribution in [3.63, 3.8) is 0 Å². The molecule has 1 aliphatic heterocycles. The Bertz CT molecular complexity index is 346. The van der Waals surface area contributed by atoms with Crippen LogP contribution in [0.15, 0.2) is 12.3 Å². The number of amides is 1. The van der Waals surface area contributed by atoms with Crippen molar-refractivity contribution in [1.29, 1.82) is 0 Å². The van der Waals surface area contributed by atoms with Crippen LogP contribution < -0.4 is 5.32 Å². The van der Waals surface area contributed by atoms with Crippen molar-refractivity contribution in [3.05, 3.63) is 12.3 Å². The van der Waals surface area contributed by atoms with Gasteiger partial charge in [0.25, 0.3) is 0 Å². The molecule has 1 heterocycles. The van der Waals surface area contributed by atoms with Gasteiger partial charge in [-0.15, -0.1) is 6.42 Å². The summed E-state index contributed by atoms with van der Waals surface area (Å²) in [6, 6.07) is -0.318. The maximum Gasteiger partial charge on any atom is 0.407 e. The van der Waals surface area contributed by atoms with E-state index in [1.165, 1.54) is 25.7 Å². The number of carbonyl (C=O) groups excluding carboxylic acids is 1. The van der Waals surface area contributed by atoms with Gasteiger partial charge in [-0.1, -0.05) is 51.5 Å². The average molecular weight is 265 g/mol. The lowest BCUT2D eigenvalue weighted by Crippen LogP contribution is -2.53. The Kier molecular flexibility index (Phi) is 6.88. The molecule has 106 valence electrons. The zero-order chi connectivity index (χ0) is 14.1. The summed E-state index contributed by atoms with van der Waals surface area (Å²) in [5.41, 5.74) is 0. The molecule has 0 saturated carbocycles. The van der Waals surface area contributed by atoms with E-state index < -0.39 is 12.2 Å². The Hall–Kier alpha value is -1.63. The molecule has 1 aliphatic rings. The van der Waals surface area contributed by atoms with Gasteiger partial charge in [-0.3, -0.25) is 0 Å². The van der Waals surface area contributed by atoms with Gasteiger partial charge in [-0.05, 0) is 6.42 Å². The fraction of sp³-hybridized carbons (Fsp3) is 0.667. The summed E-state index contributed by atoms with van der Waals surface area (Å²) in [5.74, 6) is 2.92. The van der Waals surface area contributed by atoms with Crippen LogP contribution in [0.1, 0.15) is 45.4 Å². The molecule has 0 aliphatic carbocycles. The van der Waals surface area contributed by atoms with Gasteiger partial charge in [0.15, 0.2) is 6.10 Å². The van der Waals surface area contributed by atoms with Crippen molar-refractivity contribution in [2.75, 3.05) is 6.61 Å². The molecule has 1 amide bonds. The number of hydrogen-bond donors (Lipinski definition) is 1. The predicted octanol–water partition coefficient (Wildman–Crippen LogP) is 2.99. The molecule has 1 saturated heterocycles. The van der Waals surface area contributed by atoms with Gasteiger partial charge < -0.3 is 14.8 Å². The maximum atomic E-state index is 11.5. The highest BCUT2D eigenvalue weighted by molar-refractivity contribution is 5.68. The molecule has 4 heteroatoms. The summed E-state index contributed by atoms with van der Waals surface area (Å²) in [7, 11) is 0. The average Bonchev–Trinajstić information content (AvgIpc) is 2.41. The van der Waals surface area contributed by atoms with Crippen molar-refractivity contribution in [2.45, 2.75) is 57.6 Å². The minimum atomic E-state index is -0.455. The van der Waals surface area contributed by atoms with Crippen molar-refractivity contribution < 1.29 is 14.3 Å². The lowest BCUT2D eigenvalue weighted by molar-refractivity contribution is 0.0211. The van der Waals surface area contributed by atoms with E-state index in [0.29, 0.717) is 12.4 Å². The van der Waals surface area contributed by atoms with Crippen molar-refractivity contribution in [1.82, 2.24) is 5.32 Å². The van der Waals surface area contributed by atoms with E-state index in [4.69, 9.17) is 15.9 Å². The first-order valence-electron chi connectivity index (χ1n) is 6.94. The second-order valence-corrected chi connectivity index (χ2v) is 4.70. The third-order valence-corrected chi connectivity index (χ3v) is 3.10. The molecule has 1 N–H and O–H groups in total. The van der Waals surface area contributed by atoms with Gasteiger partial charge in [0, 0.05) is 0 Å². The van der Waals surface area contributed by atoms with Crippen molar-refractivity contribution >= 4 is 6.09 Å². The number of hydrogen-bond acceptors (Lipinski definition) is 3. The van der Waals surface area contributed by atoms with Crippen LogP contribution in [0.5, 0.6) is 0 Å². The Labute approximate surface area is 115 Å². The summed E-state index contributed by atoms with van der Waals surface area (Å²) in [4.78, 5) is 11.5. The van der Waals surface area contributed by atoms with Crippen molar-refractivity contribution in [3.8, 4) is 12.3 Å². The third kappa shape index (κ3) is 5.25. The lowest BCUT2D eigenvalue weighted by atomic mass is 10.1. The van der Waals surface area contributed by atoms with Crippen LogP contribution >= 0.6 is 0 Å². The van der Waals surface area contributed by atoms with E-state index in [2.05, 4.69) is 24.7 Å². The van der Waals surface area contributed by atoms with E-state index >= 15 is 0 Å². The fourth-order valence-electron chi connectivity index (χ4n) is 1.90. The summed E-state index contributed by atoms with van der Waals surface area (Å²) < 4.78 is 10.2. The van der Waals surface area contributed by atoms with Crippen LogP contribution in [0.25, 0.3) is 0 Å². The number of terminal acetylenes is 1. The molecule has 0 aromatic heterocycles. The van der Waals surface area contributed by atoms with E-state index in [-0.39, 0.29) is 6.04 Å². The Morgan fingerprint density at radius 3 is 2.74 bits per heavy atom. The largest absolute Gasteiger partial charge is 0.478 e.